The second-order valence-electron chi connectivity index (χ2n) is 6.13. The van der Waals surface area contributed by atoms with Crippen LogP contribution in [0.25, 0.3) is 0 Å². The van der Waals surface area contributed by atoms with Gasteiger partial charge in [0.05, 0.1) is 11.6 Å². The van der Waals surface area contributed by atoms with Crippen LogP contribution in [0.15, 0.2) is 53.0 Å². The highest BCUT2D eigenvalue weighted by Gasteiger charge is 2.26. The molecule has 24 heavy (non-hydrogen) atoms. The van der Waals surface area contributed by atoms with Crippen LogP contribution in [0, 0.1) is 5.92 Å². The predicted molar refractivity (Wildman–Crippen MR) is 102 cm³/mol. The van der Waals surface area contributed by atoms with Gasteiger partial charge in [0.2, 0.25) is 5.91 Å². The molecule has 0 aromatic heterocycles. The summed E-state index contributed by atoms with van der Waals surface area (Å²) in [6, 6.07) is 15.6. The molecule has 0 unspecified atom stereocenters. The van der Waals surface area contributed by atoms with Crippen molar-refractivity contribution in [3.05, 3.63) is 63.6 Å². The number of nitrogens with zero attached hydrogens (tertiary/aromatic N) is 1. The molecule has 0 saturated carbocycles. The Morgan fingerprint density at radius 1 is 1.21 bits per heavy atom. The summed E-state index contributed by atoms with van der Waals surface area (Å²) in [5, 5.41) is 3.83. The standard InChI is InChI=1S/C19H20BrClN2O/c20-16-8-2-4-10-18(16)22-19(24)15-7-5-11-23(13-15)12-14-6-1-3-9-17(14)21/h1-4,6,8-10,15H,5,7,11-13H2,(H,22,24)/t15-/m1/s1. The molecule has 3 rings (SSSR count). The fraction of sp³-hybridized carbons (Fsp3) is 0.316. The Kier molecular flexibility index (Phi) is 5.93. The molecular weight excluding hydrogens is 388 g/mol. The van der Waals surface area contributed by atoms with Gasteiger partial charge in [0, 0.05) is 22.6 Å². The molecule has 1 aliphatic heterocycles. The maximum Gasteiger partial charge on any atom is 0.228 e. The predicted octanol–water partition coefficient (Wildman–Crippen LogP) is 4.95. The van der Waals surface area contributed by atoms with E-state index in [1.807, 2.05) is 48.5 Å². The first kappa shape index (κ1) is 17.5. The molecule has 5 heteroatoms. The van der Waals surface area contributed by atoms with Crippen LogP contribution >= 0.6 is 27.5 Å². The summed E-state index contributed by atoms with van der Waals surface area (Å²) in [5.74, 6) is 0.0964. The minimum atomic E-state index is 0.00773. The molecule has 1 heterocycles. The van der Waals surface area contributed by atoms with Gasteiger partial charge in [-0.2, -0.15) is 0 Å². The molecule has 126 valence electrons. The first-order valence-corrected chi connectivity index (χ1v) is 9.32. The second-order valence-corrected chi connectivity index (χ2v) is 7.40. The highest BCUT2D eigenvalue weighted by molar-refractivity contribution is 9.10. The van der Waals surface area contributed by atoms with Crippen molar-refractivity contribution in [2.75, 3.05) is 18.4 Å². The van der Waals surface area contributed by atoms with Crippen molar-refractivity contribution in [3.8, 4) is 0 Å². The largest absolute Gasteiger partial charge is 0.325 e. The molecule has 0 radical (unpaired) electrons. The van der Waals surface area contributed by atoms with E-state index < -0.39 is 0 Å². The molecule has 1 aliphatic rings. The summed E-state index contributed by atoms with van der Waals surface area (Å²) in [7, 11) is 0. The lowest BCUT2D eigenvalue weighted by Crippen LogP contribution is -2.40. The van der Waals surface area contributed by atoms with Crippen molar-refractivity contribution in [2.45, 2.75) is 19.4 Å². The van der Waals surface area contributed by atoms with E-state index in [9.17, 15) is 4.79 Å². The molecule has 1 atom stereocenters. The SMILES string of the molecule is O=C(Nc1ccccc1Br)[C@@H]1CCCN(Cc2ccccc2Cl)C1. The third-order valence-corrected chi connectivity index (χ3v) is 5.42. The van der Waals surface area contributed by atoms with Crippen LogP contribution in [0.2, 0.25) is 5.02 Å². The van der Waals surface area contributed by atoms with Crippen LogP contribution < -0.4 is 5.32 Å². The number of carbonyl (C=O) groups excluding carboxylic acids is 1. The van der Waals surface area contributed by atoms with Crippen LogP contribution in [0.5, 0.6) is 0 Å². The lowest BCUT2D eigenvalue weighted by atomic mass is 9.96. The van der Waals surface area contributed by atoms with Gasteiger partial charge in [0.1, 0.15) is 0 Å². The topological polar surface area (TPSA) is 32.3 Å². The molecular formula is C19H20BrClN2O. The van der Waals surface area contributed by atoms with Crippen LogP contribution in [0.4, 0.5) is 5.69 Å². The van der Waals surface area contributed by atoms with Gasteiger partial charge in [-0.1, -0.05) is 41.9 Å². The zero-order valence-corrected chi connectivity index (χ0v) is 15.7. The van der Waals surface area contributed by atoms with Crippen molar-refractivity contribution in [1.29, 1.82) is 0 Å². The monoisotopic (exact) mass is 406 g/mol. The van der Waals surface area contributed by atoms with E-state index in [4.69, 9.17) is 11.6 Å². The molecule has 1 amide bonds. The van der Waals surface area contributed by atoms with Crippen molar-refractivity contribution >= 4 is 39.1 Å². The number of hydrogen-bond acceptors (Lipinski definition) is 2. The summed E-state index contributed by atoms with van der Waals surface area (Å²) < 4.78 is 0.905. The second kappa shape index (κ2) is 8.15. The number of para-hydroxylation sites is 1. The van der Waals surface area contributed by atoms with E-state index in [0.717, 1.165) is 53.2 Å². The number of hydrogen-bond donors (Lipinski definition) is 1. The normalized spacial score (nSPS) is 18.3. The Bertz CT molecular complexity index is 722. The summed E-state index contributed by atoms with van der Waals surface area (Å²) in [4.78, 5) is 14.9. The van der Waals surface area contributed by atoms with Crippen molar-refractivity contribution in [3.63, 3.8) is 0 Å². The molecule has 2 aromatic carbocycles. The molecule has 1 saturated heterocycles. The number of nitrogens with one attached hydrogen (secondary N) is 1. The fourth-order valence-electron chi connectivity index (χ4n) is 3.08. The number of anilines is 1. The third kappa shape index (κ3) is 4.38. The Morgan fingerprint density at radius 2 is 1.96 bits per heavy atom. The highest BCUT2D eigenvalue weighted by atomic mass is 79.9. The zero-order valence-electron chi connectivity index (χ0n) is 13.3. The molecule has 0 spiro atoms. The summed E-state index contributed by atoms with van der Waals surface area (Å²) in [6.07, 6.45) is 1.95. The Labute approximate surface area is 156 Å². The van der Waals surface area contributed by atoms with Gasteiger partial charge in [-0.15, -0.1) is 0 Å². The first-order valence-electron chi connectivity index (χ1n) is 8.14. The van der Waals surface area contributed by atoms with E-state index in [2.05, 4.69) is 26.1 Å². The van der Waals surface area contributed by atoms with Crippen molar-refractivity contribution < 1.29 is 4.79 Å². The molecule has 3 nitrogen and oxygen atoms in total. The van der Waals surface area contributed by atoms with E-state index in [-0.39, 0.29) is 11.8 Å². The number of benzene rings is 2. The molecule has 1 fully saturated rings. The number of piperidine rings is 1. The lowest BCUT2D eigenvalue weighted by molar-refractivity contribution is -0.121. The van der Waals surface area contributed by atoms with Gasteiger partial charge in [-0.3, -0.25) is 9.69 Å². The number of halogens is 2. The molecule has 0 aliphatic carbocycles. The number of likely N-dealkylation sites (tertiary alicyclic amines) is 1. The average Bonchev–Trinajstić information content (AvgIpc) is 2.59. The van der Waals surface area contributed by atoms with Crippen molar-refractivity contribution in [1.82, 2.24) is 4.90 Å². The zero-order chi connectivity index (χ0) is 16.9. The minimum Gasteiger partial charge on any atom is -0.325 e. The van der Waals surface area contributed by atoms with Gasteiger partial charge in [0.15, 0.2) is 0 Å². The van der Waals surface area contributed by atoms with E-state index >= 15 is 0 Å². The van der Waals surface area contributed by atoms with Gasteiger partial charge < -0.3 is 5.32 Å². The van der Waals surface area contributed by atoms with Crippen LogP contribution in [-0.2, 0) is 11.3 Å². The van der Waals surface area contributed by atoms with Crippen LogP contribution in [-0.4, -0.2) is 23.9 Å². The van der Waals surface area contributed by atoms with Gasteiger partial charge in [-0.05, 0) is 59.1 Å². The third-order valence-electron chi connectivity index (χ3n) is 4.36. The average molecular weight is 408 g/mol. The molecule has 1 N–H and O–H groups in total. The summed E-state index contributed by atoms with van der Waals surface area (Å²) >= 11 is 9.73. The smallest absolute Gasteiger partial charge is 0.228 e. The maximum absolute atomic E-state index is 12.6. The van der Waals surface area contributed by atoms with Crippen molar-refractivity contribution in [2.24, 2.45) is 5.92 Å². The van der Waals surface area contributed by atoms with E-state index in [0.29, 0.717) is 0 Å². The summed E-state index contributed by atoms with van der Waals surface area (Å²) in [6.45, 7) is 2.56. The van der Waals surface area contributed by atoms with E-state index in [1.54, 1.807) is 0 Å². The number of rotatable bonds is 4. The Balaban J connectivity index is 1.62. The number of carbonyl (C=O) groups is 1. The minimum absolute atomic E-state index is 0.00773. The molecule has 0 bridgehead atoms. The first-order chi connectivity index (χ1) is 11.6. The number of amides is 1. The fourth-order valence-corrected chi connectivity index (χ4v) is 3.66. The van der Waals surface area contributed by atoms with Gasteiger partial charge in [0.25, 0.3) is 0 Å². The van der Waals surface area contributed by atoms with Gasteiger partial charge >= 0.3 is 0 Å². The Morgan fingerprint density at radius 3 is 2.75 bits per heavy atom. The summed E-state index contributed by atoms with van der Waals surface area (Å²) in [5.41, 5.74) is 1.94. The Hall–Kier alpha value is -1.36. The lowest BCUT2D eigenvalue weighted by Gasteiger charge is -2.32. The molecule has 2 aromatic rings. The maximum atomic E-state index is 12.6. The highest BCUT2D eigenvalue weighted by Crippen LogP contribution is 2.25. The van der Waals surface area contributed by atoms with Crippen LogP contribution in [0.3, 0.4) is 0 Å². The van der Waals surface area contributed by atoms with Gasteiger partial charge in [-0.25, -0.2) is 0 Å². The van der Waals surface area contributed by atoms with E-state index in [1.165, 1.54) is 0 Å². The van der Waals surface area contributed by atoms with Crippen LogP contribution in [0.1, 0.15) is 18.4 Å². The quantitative estimate of drug-likeness (QED) is 0.777.